The van der Waals surface area contributed by atoms with E-state index in [9.17, 15) is 8.42 Å². The molecule has 0 atom stereocenters. The van der Waals surface area contributed by atoms with E-state index in [0.717, 1.165) is 21.9 Å². The smallest absolute Gasteiger partial charge is 0.255 e. The zero-order valence-electron chi connectivity index (χ0n) is 11.9. The average molecular weight is 313 g/mol. The predicted octanol–water partition coefficient (Wildman–Crippen LogP) is 3.28. The maximum Gasteiger partial charge on any atom is 0.255 e. The number of anilines is 1. The third kappa shape index (κ3) is 3.17. The maximum atomic E-state index is 12.2. The van der Waals surface area contributed by atoms with Crippen LogP contribution in [0.15, 0.2) is 54.1 Å². The molecule has 6 heteroatoms. The molecule has 3 aromatic rings. The Morgan fingerprint density at radius 1 is 1.14 bits per heavy atom. The van der Waals surface area contributed by atoms with Gasteiger partial charge in [0.25, 0.3) is 10.0 Å². The van der Waals surface area contributed by atoms with Gasteiger partial charge in [-0.1, -0.05) is 42.0 Å². The minimum atomic E-state index is -3.59. The van der Waals surface area contributed by atoms with Gasteiger partial charge in [0.05, 0.1) is 22.8 Å². The first-order valence-electron chi connectivity index (χ1n) is 6.73. The molecule has 1 aromatic heterocycles. The minimum absolute atomic E-state index is 0.476. The van der Waals surface area contributed by atoms with Crippen LogP contribution in [0.2, 0.25) is 0 Å². The van der Waals surface area contributed by atoms with Crippen LogP contribution in [0.25, 0.3) is 17.0 Å². The van der Waals surface area contributed by atoms with Crippen LogP contribution in [-0.2, 0) is 10.0 Å². The number of aromatic amines is 1. The standard InChI is InChI=1S/C16H15N3O2S/c1-12-5-7-13(8-6-12)9-10-22(20,21)19-15-4-2-3-14-11-17-18-16(14)15/h2-11,19H,1H3,(H,17,18)/b10-9+. The lowest BCUT2D eigenvalue weighted by Crippen LogP contribution is -2.09. The summed E-state index contributed by atoms with van der Waals surface area (Å²) in [5.41, 5.74) is 3.10. The number of para-hydroxylation sites is 1. The number of fused-ring (bicyclic) bond motifs is 1. The van der Waals surface area contributed by atoms with E-state index in [1.54, 1.807) is 24.4 Å². The van der Waals surface area contributed by atoms with Gasteiger partial charge in [0.2, 0.25) is 0 Å². The Morgan fingerprint density at radius 3 is 2.68 bits per heavy atom. The summed E-state index contributed by atoms with van der Waals surface area (Å²) in [5.74, 6) is 0. The van der Waals surface area contributed by atoms with Gasteiger partial charge in [0, 0.05) is 5.39 Å². The molecule has 0 fully saturated rings. The molecule has 0 unspecified atom stereocenters. The molecule has 0 saturated carbocycles. The molecule has 3 rings (SSSR count). The summed E-state index contributed by atoms with van der Waals surface area (Å²) in [6.45, 7) is 1.98. The Labute approximate surface area is 128 Å². The van der Waals surface area contributed by atoms with E-state index in [1.807, 2.05) is 37.3 Å². The summed E-state index contributed by atoms with van der Waals surface area (Å²) in [5, 5.41) is 8.71. The molecule has 0 amide bonds. The summed E-state index contributed by atoms with van der Waals surface area (Å²) in [6.07, 6.45) is 3.21. The van der Waals surface area contributed by atoms with Crippen molar-refractivity contribution >= 4 is 32.7 Å². The summed E-state index contributed by atoms with van der Waals surface area (Å²) in [7, 11) is -3.59. The second-order valence-corrected chi connectivity index (χ2v) is 6.57. The SMILES string of the molecule is Cc1ccc(/C=C/S(=O)(=O)Nc2cccc3cn[nH]c23)cc1. The van der Waals surface area contributed by atoms with Gasteiger partial charge in [-0.2, -0.15) is 5.10 Å². The summed E-state index contributed by atoms with van der Waals surface area (Å²) < 4.78 is 26.9. The molecule has 0 aliphatic rings. The molecule has 112 valence electrons. The molecule has 0 spiro atoms. The van der Waals surface area contributed by atoms with Gasteiger partial charge < -0.3 is 0 Å². The van der Waals surface area contributed by atoms with Crippen LogP contribution >= 0.6 is 0 Å². The third-order valence-corrected chi connectivity index (χ3v) is 4.24. The van der Waals surface area contributed by atoms with Gasteiger partial charge in [0.1, 0.15) is 0 Å². The number of aromatic nitrogens is 2. The Balaban J connectivity index is 1.84. The molecule has 2 aromatic carbocycles. The molecule has 0 aliphatic heterocycles. The Hall–Kier alpha value is -2.60. The third-order valence-electron chi connectivity index (χ3n) is 3.25. The van der Waals surface area contributed by atoms with Crippen LogP contribution in [0.4, 0.5) is 5.69 Å². The highest BCUT2D eigenvalue weighted by Crippen LogP contribution is 2.21. The van der Waals surface area contributed by atoms with Crippen molar-refractivity contribution in [1.82, 2.24) is 10.2 Å². The molecular weight excluding hydrogens is 298 g/mol. The number of hydrogen-bond acceptors (Lipinski definition) is 3. The molecule has 5 nitrogen and oxygen atoms in total. The van der Waals surface area contributed by atoms with Crippen LogP contribution in [0.3, 0.4) is 0 Å². The number of hydrogen-bond donors (Lipinski definition) is 2. The molecule has 22 heavy (non-hydrogen) atoms. The quantitative estimate of drug-likeness (QED) is 0.776. The van der Waals surface area contributed by atoms with Crippen LogP contribution in [0.1, 0.15) is 11.1 Å². The van der Waals surface area contributed by atoms with E-state index in [0.29, 0.717) is 11.2 Å². The van der Waals surface area contributed by atoms with Crippen molar-refractivity contribution in [1.29, 1.82) is 0 Å². The van der Waals surface area contributed by atoms with Gasteiger partial charge >= 0.3 is 0 Å². The van der Waals surface area contributed by atoms with Gasteiger partial charge in [-0.05, 0) is 24.6 Å². The van der Waals surface area contributed by atoms with Crippen molar-refractivity contribution in [3.63, 3.8) is 0 Å². The van der Waals surface area contributed by atoms with Crippen molar-refractivity contribution in [2.45, 2.75) is 6.92 Å². The molecule has 2 N–H and O–H groups in total. The average Bonchev–Trinajstić information content (AvgIpc) is 2.96. The van der Waals surface area contributed by atoms with E-state index >= 15 is 0 Å². The molecule has 0 saturated heterocycles. The zero-order chi connectivity index (χ0) is 15.6. The number of nitrogens with one attached hydrogen (secondary N) is 2. The Morgan fingerprint density at radius 2 is 1.91 bits per heavy atom. The summed E-state index contributed by atoms with van der Waals surface area (Å²) >= 11 is 0. The normalized spacial score (nSPS) is 12.0. The molecule has 0 aliphatic carbocycles. The Bertz CT molecular complexity index is 925. The summed E-state index contributed by atoms with van der Waals surface area (Å²) in [4.78, 5) is 0. The topological polar surface area (TPSA) is 74.8 Å². The first kappa shape index (κ1) is 14.3. The molecule has 1 heterocycles. The number of rotatable bonds is 4. The number of nitrogens with zero attached hydrogens (tertiary/aromatic N) is 1. The van der Waals surface area contributed by atoms with E-state index < -0.39 is 10.0 Å². The van der Waals surface area contributed by atoms with Crippen LogP contribution < -0.4 is 4.72 Å². The Kier molecular flexibility index (Phi) is 3.68. The van der Waals surface area contributed by atoms with E-state index in [2.05, 4.69) is 14.9 Å². The molecule has 0 radical (unpaired) electrons. The van der Waals surface area contributed by atoms with Gasteiger partial charge in [-0.25, -0.2) is 8.42 Å². The number of aryl methyl sites for hydroxylation is 1. The highest BCUT2D eigenvalue weighted by Gasteiger charge is 2.09. The fourth-order valence-corrected chi connectivity index (χ4v) is 2.97. The lowest BCUT2D eigenvalue weighted by atomic mass is 10.2. The van der Waals surface area contributed by atoms with Crippen molar-refractivity contribution in [2.75, 3.05) is 4.72 Å². The maximum absolute atomic E-state index is 12.2. The molecular formula is C16H15N3O2S. The van der Waals surface area contributed by atoms with Crippen molar-refractivity contribution < 1.29 is 8.42 Å². The summed E-state index contributed by atoms with van der Waals surface area (Å²) in [6, 6.07) is 12.9. The van der Waals surface area contributed by atoms with Crippen LogP contribution in [0.5, 0.6) is 0 Å². The van der Waals surface area contributed by atoms with Crippen LogP contribution in [-0.4, -0.2) is 18.6 Å². The molecule has 0 bridgehead atoms. The van der Waals surface area contributed by atoms with Gasteiger partial charge in [0.15, 0.2) is 0 Å². The first-order chi connectivity index (χ1) is 10.5. The zero-order valence-corrected chi connectivity index (χ0v) is 12.8. The predicted molar refractivity (Wildman–Crippen MR) is 88.8 cm³/mol. The van der Waals surface area contributed by atoms with Gasteiger partial charge in [-0.3, -0.25) is 9.82 Å². The first-order valence-corrected chi connectivity index (χ1v) is 8.28. The fraction of sp³-hybridized carbons (Fsp3) is 0.0625. The largest absolute Gasteiger partial charge is 0.278 e. The van der Waals surface area contributed by atoms with Crippen LogP contribution in [0, 0.1) is 6.92 Å². The highest BCUT2D eigenvalue weighted by atomic mass is 32.2. The number of H-pyrrole nitrogens is 1. The van der Waals surface area contributed by atoms with Crippen molar-refractivity contribution in [2.24, 2.45) is 0 Å². The lowest BCUT2D eigenvalue weighted by Gasteiger charge is -2.05. The second kappa shape index (κ2) is 5.65. The van der Waals surface area contributed by atoms with Crippen molar-refractivity contribution in [3.05, 3.63) is 65.2 Å². The minimum Gasteiger partial charge on any atom is -0.278 e. The number of benzene rings is 2. The highest BCUT2D eigenvalue weighted by molar-refractivity contribution is 7.95. The van der Waals surface area contributed by atoms with E-state index in [4.69, 9.17) is 0 Å². The fourth-order valence-electron chi connectivity index (χ4n) is 2.09. The van der Waals surface area contributed by atoms with E-state index in [-0.39, 0.29) is 0 Å². The number of sulfonamides is 1. The van der Waals surface area contributed by atoms with Gasteiger partial charge in [-0.15, -0.1) is 0 Å². The monoisotopic (exact) mass is 313 g/mol. The van der Waals surface area contributed by atoms with E-state index in [1.165, 1.54) is 0 Å². The lowest BCUT2D eigenvalue weighted by molar-refractivity contribution is 0.609. The second-order valence-electron chi connectivity index (χ2n) is 5.00. The van der Waals surface area contributed by atoms with Crippen molar-refractivity contribution in [3.8, 4) is 0 Å².